The van der Waals surface area contributed by atoms with Crippen LogP contribution in [0.3, 0.4) is 0 Å². The molecule has 0 aliphatic carbocycles. The fraction of sp³-hybridized carbons (Fsp3) is 0.590. The normalized spacial score (nSPS) is 16.7. The first kappa shape index (κ1) is 39.0. The van der Waals surface area contributed by atoms with E-state index in [0.717, 1.165) is 62.9 Å². The molecular weight excluding hydrogens is 713 g/mol. The van der Waals surface area contributed by atoms with Crippen molar-refractivity contribution in [1.29, 1.82) is 0 Å². The second-order valence-corrected chi connectivity index (χ2v) is 16.4. The smallest absolute Gasteiger partial charge is 0.268 e. The number of thiophene rings is 2. The highest BCUT2D eigenvalue weighted by atomic mass is 32.1. The molecule has 1 atom stereocenters. The maximum absolute atomic E-state index is 14.0. The molecule has 0 radical (unpaired) electrons. The molecule has 0 saturated carbocycles. The van der Waals surface area contributed by atoms with Gasteiger partial charge in [-0.05, 0) is 120 Å². The van der Waals surface area contributed by atoms with Crippen LogP contribution in [-0.2, 0) is 13.1 Å². The molecule has 6 heterocycles. The number of pyridine rings is 2. The molecule has 288 valence electrons. The minimum Gasteiger partial charge on any atom is -0.506 e. The molecular formula is C39H54N6O6S2. The number of aromatic nitrogens is 2. The van der Waals surface area contributed by atoms with Crippen LogP contribution >= 0.6 is 22.7 Å². The first-order valence-electron chi connectivity index (χ1n) is 19.3. The number of likely N-dealkylation sites (tertiary alicyclic amines) is 2. The zero-order valence-electron chi connectivity index (χ0n) is 31.3. The van der Waals surface area contributed by atoms with Gasteiger partial charge in [0.2, 0.25) is 0 Å². The zero-order chi connectivity index (χ0) is 37.5. The van der Waals surface area contributed by atoms with E-state index in [1.807, 2.05) is 18.4 Å². The van der Waals surface area contributed by atoms with Crippen LogP contribution in [0.15, 0.2) is 32.5 Å². The number of nitrogens with zero attached hydrogens (tertiary/aromatic N) is 4. The van der Waals surface area contributed by atoms with Crippen LogP contribution in [0.4, 0.5) is 0 Å². The summed E-state index contributed by atoms with van der Waals surface area (Å²) >= 11 is 2.70. The van der Waals surface area contributed by atoms with Gasteiger partial charge in [0.15, 0.2) is 0 Å². The molecule has 2 aliphatic rings. The van der Waals surface area contributed by atoms with Gasteiger partial charge in [0.25, 0.3) is 22.9 Å². The van der Waals surface area contributed by atoms with E-state index < -0.39 is 29.0 Å². The standard InChI is InChI=1S/C39H54N6O6S2/c1-4-16-44-37(50)31(35(48)41-15-9-20-43-21-10-26(2)11-22-43)33(29-13-24-53-39(29)44)51-27(3)25-45-36(49)30(32(46)28-12-23-52-38(28)45)34(47)40-14-8-19-42-17-6-5-7-18-42/h12-13,23-24,26-27,46H,4-11,14-22,25H2,1-3H3,(H,40,47)(H,41,48). The highest BCUT2D eigenvalue weighted by Gasteiger charge is 2.28. The van der Waals surface area contributed by atoms with Gasteiger partial charge in [-0.3, -0.25) is 28.3 Å². The summed E-state index contributed by atoms with van der Waals surface area (Å²) in [5.74, 6) is -0.495. The molecule has 1 unspecified atom stereocenters. The van der Waals surface area contributed by atoms with Crippen molar-refractivity contribution in [1.82, 2.24) is 29.6 Å². The van der Waals surface area contributed by atoms with Gasteiger partial charge in [-0.1, -0.05) is 20.3 Å². The lowest BCUT2D eigenvalue weighted by Crippen LogP contribution is -2.38. The van der Waals surface area contributed by atoms with E-state index in [2.05, 4.69) is 27.4 Å². The Hall–Kier alpha value is -3.72. The molecule has 2 aliphatic heterocycles. The Kier molecular flexibility index (Phi) is 13.3. The summed E-state index contributed by atoms with van der Waals surface area (Å²) < 4.78 is 9.62. The summed E-state index contributed by atoms with van der Waals surface area (Å²) in [5.41, 5.74) is -1.38. The maximum Gasteiger partial charge on any atom is 0.268 e. The topological polar surface area (TPSA) is 138 Å². The third-order valence-electron chi connectivity index (χ3n) is 10.5. The van der Waals surface area contributed by atoms with E-state index in [4.69, 9.17) is 4.74 Å². The van der Waals surface area contributed by atoms with Crippen molar-refractivity contribution in [2.75, 3.05) is 52.4 Å². The van der Waals surface area contributed by atoms with Crippen molar-refractivity contribution in [2.24, 2.45) is 5.92 Å². The third kappa shape index (κ3) is 8.98. The van der Waals surface area contributed by atoms with Gasteiger partial charge in [-0.15, -0.1) is 22.7 Å². The average molecular weight is 767 g/mol. The summed E-state index contributed by atoms with van der Waals surface area (Å²) in [6.07, 6.45) is 7.54. The van der Waals surface area contributed by atoms with E-state index in [9.17, 15) is 24.3 Å². The van der Waals surface area contributed by atoms with E-state index in [1.165, 1.54) is 59.3 Å². The highest BCUT2D eigenvalue weighted by molar-refractivity contribution is 7.17. The Bertz CT molecular complexity index is 2000. The quantitative estimate of drug-likeness (QED) is 0.128. The fourth-order valence-corrected chi connectivity index (χ4v) is 9.40. The molecule has 2 amide bonds. The first-order chi connectivity index (χ1) is 25.7. The van der Waals surface area contributed by atoms with Gasteiger partial charge in [0.1, 0.15) is 38.4 Å². The molecule has 2 saturated heterocycles. The van der Waals surface area contributed by atoms with Gasteiger partial charge < -0.3 is 30.3 Å². The van der Waals surface area contributed by atoms with Crippen LogP contribution in [0.5, 0.6) is 11.5 Å². The Morgan fingerprint density at radius 3 is 2.04 bits per heavy atom. The van der Waals surface area contributed by atoms with E-state index >= 15 is 0 Å². The largest absolute Gasteiger partial charge is 0.506 e. The predicted molar refractivity (Wildman–Crippen MR) is 213 cm³/mol. The summed E-state index contributed by atoms with van der Waals surface area (Å²) in [5, 5.41) is 21.7. The molecule has 53 heavy (non-hydrogen) atoms. The van der Waals surface area contributed by atoms with Gasteiger partial charge in [-0.25, -0.2) is 0 Å². The summed E-state index contributed by atoms with van der Waals surface area (Å²) in [6.45, 7) is 13.4. The van der Waals surface area contributed by atoms with E-state index in [0.29, 0.717) is 41.7 Å². The molecule has 14 heteroatoms. The minimum absolute atomic E-state index is 0.0184. The van der Waals surface area contributed by atoms with Crippen molar-refractivity contribution in [3.8, 4) is 11.5 Å². The van der Waals surface area contributed by atoms with Crippen LogP contribution in [0, 0.1) is 5.92 Å². The first-order valence-corrected chi connectivity index (χ1v) is 21.1. The van der Waals surface area contributed by atoms with Crippen molar-refractivity contribution in [2.45, 2.75) is 91.3 Å². The van der Waals surface area contributed by atoms with Crippen LogP contribution < -0.4 is 26.5 Å². The number of fused-ring (bicyclic) bond motifs is 2. The SMILES string of the molecule is CCCn1c(=O)c(C(=O)NCCCN2CCC(C)CC2)c(OC(C)Cn2c(=O)c(C(=O)NCCCN3CCCCC3)c(O)c3ccsc32)c2ccsc21. The van der Waals surface area contributed by atoms with E-state index in [-0.39, 0.29) is 29.2 Å². The molecule has 0 spiro atoms. The third-order valence-corrected chi connectivity index (χ3v) is 12.4. The Labute approximate surface area is 318 Å². The van der Waals surface area contributed by atoms with Crippen molar-refractivity contribution in [3.05, 3.63) is 54.7 Å². The van der Waals surface area contributed by atoms with Crippen molar-refractivity contribution < 1.29 is 19.4 Å². The number of ether oxygens (including phenoxy) is 1. The van der Waals surface area contributed by atoms with Gasteiger partial charge >= 0.3 is 0 Å². The highest BCUT2D eigenvalue weighted by Crippen LogP contribution is 2.34. The monoisotopic (exact) mass is 766 g/mol. The second kappa shape index (κ2) is 18.1. The molecule has 12 nitrogen and oxygen atoms in total. The number of amides is 2. The van der Waals surface area contributed by atoms with Gasteiger partial charge in [-0.2, -0.15) is 0 Å². The van der Waals surface area contributed by atoms with Crippen molar-refractivity contribution >= 4 is 54.9 Å². The molecule has 4 aromatic rings. The second-order valence-electron chi connectivity index (χ2n) is 14.7. The number of hydrogen-bond donors (Lipinski definition) is 3. The lowest BCUT2D eigenvalue weighted by Gasteiger charge is -2.30. The Morgan fingerprint density at radius 2 is 1.40 bits per heavy atom. The molecule has 4 aromatic heterocycles. The summed E-state index contributed by atoms with van der Waals surface area (Å²) in [6, 6.07) is 3.56. The zero-order valence-corrected chi connectivity index (χ0v) is 32.9. The van der Waals surface area contributed by atoms with Crippen LogP contribution in [-0.4, -0.2) is 94.3 Å². The van der Waals surface area contributed by atoms with Crippen molar-refractivity contribution in [3.63, 3.8) is 0 Å². The number of hydrogen-bond acceptors (Lipinski definition) is 10. The van der Waals surface area contributed by atoms with Crippen LogP contribution in [0.25, 0.3) is 20.4 Å². The average Bonchev–Trinajstić information content (AvgIpc) is 3.85. The Morgan fingerprint density at radius 1 is 0.830 bits per heavy atom. The van der Waals surface area contributed by atoms with Gasteiger partial charge in [0, 0.05) is 19.6 Å². The van der Waals surface area contributed by atoms with Crippen LogP contribution in [0.1, 0.15) is 92.9 Å². The molecule has 6 rings (SSSR count). The number of rotatable bonds is 16. The molecule has 0 bridgehead atoms. The number of carbonyl (C=O) groups is 2. The number of aromatic hydroxyl groups is 1. The fourth-order valence-electron chi connectivity index (χ4n) is 7.57. The maximum atomic E-state index is 14.0. The summed E-state index contributed by atoms with van der Waals surface area (Å²) in [4.78, 5) is 61.3. The molecule has 0 aromatic carbocycles. The van der Waals surface area contributed by atoms with Crippen LogP contribution in [0.2, 0.25) is 0 Å². The van der Waals surface area contributed by atoms with E-state index in [1.54, 1.807) is 22.9 Å². The molecule has 2 fully saturated rings. The van der Waals surface area contributed by atoms with Gasteiger partial charge in [0.05, 0.1) is 17.3 Å². The number of nitrogens with one attached hydrogen (secondary N) is 2. The Balaban J connectivity index is 1.21. The lowest BCUT2D eigenvalue weighted by molar-refractivity contribution is 0.0932. The minimum atomic E-state index is -0.694. The number of carbonyl (C=O) groups excluding carboxylic acids is 2. The number of aryl methyl sites for hydroxylation is 1. The number of piperidine rings is 2. The summed E-state index contributed by atoms with van der Waals surface area (Å²) in [7, 11) is 0. The lowest BCUT2D eigenvalue weighted by atomic mass is 9.99. The molecule has 3 N–H and O–H groups in total. The predicted octanol–water partition coefficient (Wildman–Crippen LogP) is 5.48.